The zero-order chi connectivity index (χ0) is 20.8. The molecule has 7 heteroatoms. The van der Waals surface area contributed by atoms with Crippen molar-refractivity contribution in [2.24, 2.45) is 0 Å². The molecule has 0 saturated carbocycles. The van der Waals surface area contributed by atoms with Crippen LogP contribution in [0, 0.1) is 10.1 Å². The highest BCUT2D eigenvalue weighted by molar-refractivity contribution is 5.94. The number of hydrogen-bond acceptors (Lipinski definition) is 5. The lowest BCUT2D eigenvalue weighted by Gasteiger charge is -2.20. The fourth-order valence-electron chi connectivity index (χ4n) is 2.90. The summed E-state index contributed by atoms with van der Waals surface area (Å²) in [5, 5.41) is 13.8. The van der Waals surface area contributed by atoms with Crippen LogP contribution in [0.2, 0.25) is 0 Å². The Kier molecular flexibility index (Phi) is 6.09. The standard InChI is InChI=1S/C22H20N2O5/c1-28-19-11-5-15(6-12-19)21(16-7-13-20(29-2)14-8-16)23-22(25)17-3-9-18(10-4-17)24(26)27/h3-14,21H,1-2H3,(H,23,25). The Morgan fingerprint density at radius 3 is 1.66 bits per heavy atom. The minimum atomic E-state index is -0.501. The largest absolute Gasteiger partial charge is 0.497 e. The van der Waals surface area contributed by atoms with E-state index in [-0.39, 0.29) is 11.6 Å². The molecule has 0 spiro atoms. The van der Waals surface area contributed by atoms with E-state index < -0.39 is 11.0 Å². The summed E-state index contributed by atoms with van der Waals surface area (Å²) in [7, 11) is 3.18. The number of ether oxygens (including phenoxy) is 2. The molecule has 1 amide bonds. The van der Waals surface area contributed by atoms with Crippen LogP contribution in [-0.2, 0) is 0 Å². The maximum Gasteiger partial charge on any atom is 0.269 e. The van der Waals surface area contributed by atoms with E-state index in [9.17, 15) is 14.9 Å². The number of nitrogens with zero attached hydrogens (tertiary/aromatic N) is 1. The Hall–Kier alpha value is -3.87. The van der Waals surface area contributed by atoms with Crippen LogP contribution in [-0.4, -0.2) is 25.1 Å². The number of nitrogens with one attached hydrogen (secondary N) is 1. The molecule has 0 atom stereocenters. The number of carbonyl (C=O) groups excluding carboxylic acids is 1. The number of methoxy groups -OCH3 is 2. The number of rotatable bonds is 7. The number of nitro benzene ring substituents is 1. The molecule has 0 aliphatic heterocycles. The van der Waals surface area contributed by atoms with E-state index in [1.807, 2.05) is 48.5 Å². The van der Waals surface area contributed by atoms with Gasteiger partial charge in [-0.3, -0.25) is 14.9 Å². The number of hydrogen-bond donors (Lipinski definition) is 1. The normalized spacial score (nSPS) is 10.4. The van der Waals surface area contributed by atoms with E-state index in [2.05, 4.69) is 5.32 Å². The van der Waals surface area contributed by atoms with Gasteiger partial charge in [0.05, 0.1) is 25.2 Å². The van der Waals surface area contributed by atoms with Gasteiger partial charge < -0.3 is 14.8 Å². The van der Waals surface area contributed by atoms with E-state index >= 15 is 0 Å². The zero-order valence-corrected chi connectivity index (χ0v) is 16.0. The van der Waals surface area contributed by atoms with Crippen LogP contribution in [0.4, 0.5) is 5.69 Å². The average Bonchev–Trinajstić information content (AvgIpc) is 2.77. The number of carbonyl (C=O) groups is 1. The molecule has 3 aromatic carbocycles. The van der Waals surface area contributed by atoms with E-state index in [1.165, 1.54) is 24.3 Å². The highest BCUT2D eigenvalue weighted by Gasteiger charge is 2.19. The molecule has 148 valence electrons. The second-order valence-corrected chi connectivity index (χ2v) is 6.26. The molecular formula is C22H20N2O5. The Labute approximate surface area is 168 Å². The fourth-order valence-corrected chi connectivity index (χ4v) is 2.90. The van der Waals surface area contributed by atoms with Crippen molar-refractivity contribution in [1.82, 2.24) is 5.32 Å². The molecule has 0 aliphatic rings. The summed E-state index contributed by atoms with van der Waals surface area (Å²) >= 11 is 0. The maximum absolute atomic E-state index is 12.8. The lowest BCUT2D eigenvalue weighted by atomic mass is 9.98. The van der Waals surface area contributed by atoms with Crippen molar-refractivity contribution in [2.45, 2.75) is 6.04 Å². The van der Waals surface area contributed by atoms with Gasteiger partial charge in [0.2, 0.25) is 0 Å². The minimum absolute atomic E-state index is 0.0663. The smallest absolute Gasteiger partial charge is 0.269 e. The van der Waals surface area contributed by atoms with Gasteiger partial charge in [-0.15, -0.1) is 0 Å². The third kappa shape index (κ3) is 4.70. The van der Waals surface area contributed by atoms with Crippen LogP contribution >= 0.6 is 0 Å². The molecule has 0 radical (unpaired) electrons. The monoisotopic (exact) mass is 392 g/mol. The van der Waals surface area contributed by atoms with Crippen molar-refractivity contribution < 1.29 is 19.2 Å². The van der Waals surface area contributed by atoms with Crippen molar-refractivity contribution in [3.63, 3.8) is 0 Å². The Morgan fingerprint density at radius 2 is 1.28 bits per heavy atom. The first-order valence-corrected chi connectivity index (χ1v) is 8.85. The molecular weight excluding hydrogens is 372 g/mol. The topological polar surface area (TPSA) is 90.7 Å². The third-order valence-electron chi connectivity index (χ3n) is 4.51. The first-order chi connectivity index (χ1) is 14.0. The number of non-ortho nitro benzene ring substituents is 1. The van der Waals surface area contributed by atoms with E-state index in [0.717, 1.165) is 11.1 Å². The van der Waals surface area contributed by atoms with Crippen LogP contribution in [0.1, 0.15) is 27.5 Å². The predicted molar refractivity (Wildman–Crippen MR) is 108 cm³/mol. The van der Waals surface area contributed by atoms with Crippen molar-refractivity contribution in [2.75, 3.05) is 14.2 Å². The average molecular weight is 392 g/mol. The van der Waals surface area contributed by atoms with Crippen molar-refractivity contribution in [1.29, 1.82) is 0 Å². The molecule has 29 heavy (non-hydrogen) atoms. The maximum atomic E-state index is 12.8. The van der Waals surface area contributed by atoms with E-state index in [4.69, 9.17) is 9.47 Å². The number of amides is 1. The van der Waals surface area contributed by atoms with Gasteiger partial charge in [0, 0.05) is 17.7 Å². The molecule has 0 saturated heterocycles. The fraction of sp³-hybridized carbons (Fsp3) is 0.136. The summed E-state index contributed by atoms with van der Waals surface area (Å²) in [4.78, 5) is 23.1. The molecule has 3 aromatic rings. The van der Waals surface area contributed by atoms with Crippen molar-refractivity contribution in [3.8, 4) is 11.5 Å². The van der Waals surface area contributed by atoms with Crippen molar-refractivity contribution >= 4 is 11.6 Å². The molecule has 1 N–H and O–H groups in total. The Balaban J connectivity index is 1.90. The number of nitro groups is 1. The molecule has 3 rings (SSSR count). The highest BCUT2D eigenvalue weighted by Crippen LogP contribution is 2.26. The quantitative estimate of drug-likeness (QED) is 0.482. The van der Waals surface area contributed by atoms with Gasteiger partial charge in [0.1, 0.15) is 11.5 Å². The first kappa shape index (κ1) is 19.9. The summed E-state index contributed by atoms with van der Waals surface area (Å²) < 4.78 is 10.4. The summed E-state index contributed by atoms with van der Waals surface area (Å²) in [5.74, 6) is 1.09. The van der Waals surface area contributed by atoms with E-state index in [1.54, 1.807) is 14.2 Å². The van der Waals surface area contributed by atoms with Gasteiger partial charge in [0.25, 0.3) is 11.6 Å². The Morgan fingerprint density at radius 1 is 0.828 bits per heavy atom. The number of benzene rings is 3. The molecule has 0 aromatic heterocycles. The van der Waals surface area contributed by atoms with E-state index in [0.29, 0.717) is 17.1 Å². The molecule has 0 unspecified atom stereocenters. The summed E-state index contributed by atoms with van der Waals surface area (Å²) in [6.45, 7) is 0. The SMILES string of the molecule is COc1ccc(C(NC(=O)c2ccc([N+](=O)[O-])cc2)c2ccc(OC)cc2)cc1. The van der Waals surface area contributed by atoms with Crippen molar-refractivity contribution in [3.05, 3.63) is 99.6 Å². The summed E-state index contributed by atoms with van der Waals surface area (Å²) in [6.07, 6.45) is 0. The zero-order valence-electron chi connectivity index (χ0n) is 16.0. The van der Waals surface area contributed by atoms with Crippen LogP contribution in [0.15, 0.2) is 72.8 Å². The Bertz CT molecular complexity index is 936. The molecule has 0 aliphatic carbocycles. The van der Waals surface area contributed by atoms with Gasteiger partial charge in [-0.1, -0.05) is 24.3 Å². The molecule has 0 fully saturated rings. The first-order valence-electron chi connectivity index (χ1n) is 8.85. The van der Waals surface area contributed by atoms with Gasteiger partial charge >= 0.3 is 0 Å². The minimum Gasteiger partial charge on any atom is -0.497 e. The lowest BCUT2D eigenvalue weighted by molar-refractivity contribution is -0.384. The van der Waals surface area contributed by atoms with Crippen LogP contribution in [0.3, 0.4) is 0 Å². The van der Waals surface area contributed by atoms with Gasteiger partial charge in [-0.05, 0) is 47.5 Å². The van der Waals surface area contributed by atoms with Gasteiger partial charge in [0.15, 0.2) is 0 Å². The van der Waals surface area contributed by atoms with Crippen LogP contribution < -0.4 is 14.8 Å². The van der Waals surface area contributed by atoms with Crippen LogP contribution in [0.25, 0.3) is 0 Å². The van der Waals surface area contributed by atoms with Crippen LogP contribution in [0.5, 0.6) is 11.5 Å². The molecule has 0 bridgehead atoms. The summed E-state index contributed by atoms with van der Waals surface area (Å²) in [5.41, 5.74) is 2.00. The predicted octanol–water partition coefficient (Wildman–Crippen LogP) is 4.13. The third-order valence-corrected chi connectivity index (χ3v) is 4.51. The lowest BCUT2D eigenvalue weighted by Crippen LogP contribution is -2.29. The highest BCUT2D eigenvalue weighted by atomic mass is 16.6. The van der Waals surface area contributed by atoms with Gasteiger partial charge in [-0.25, -0.2) is 0 Å². The molecule has 0 heterocycles. The summed E-state index contributed by atoms with van der Waals surface area (Å²) in [6, 6.07) is 19.9. The molecule has 7 nitrogen and oxygen atoms in total. The second-order valence-electron chi connectivity index (χ2n) is 6.26. The second kappa shape index (κ2) is 8.88. The van der Waals surface area contributed by atoms with Gasteiger partial charge in [-0.2, -0.15) is 0 Å².